The Balaban J connectivity index is 1.34. The number of carbonyl (C=O) groups excluding carboxylic acids is 1. The van der Waals surface area contributed by atoms with E-state index in [1.54, 1.807) is 4.31 Å². The highest BCUT2D eigenvalue weighted by molar-refractivity contribution is 7.88. The predicted molar refractivity (Wildman–Crippen MR) is 118 cm³/mol. The molecule has 1 saturated heterocycles. The molecule has 1 aliphatic carbocycles. The van der Waals surface area contributed by atoms with Crippen LogP contribution in [-0.2, 0) is 27.0 Å². The molecule has 0 radical (unpaired) electrons. The van der Waals surface area contributed by atoms with E-state index < -0.39 is 10.0 Å². The summed E-state index contributed by atoms with van der Waals surface area (Å²) in [6.07, 6.45) is 4.27. The van der Waals surface area contributed by atoms with E-state index in [9.17, 15) is 13.2 Å². The summed E-state index contributed by atoms with van der Waals surface area (Å²) in [5.41, 5.74) is 4.39. The number of nitrogens with zero attached hydrogens (tertiary/aromatic N) is 1. The zero-order chi connectivity index (χ0) is 21.1. The Morgan fingerprint density at radius 3 is 2.50 bits per heavy atom. The second kappa shape index (κ2) is 8.90. The fourth-order valence-electron chi connectivity index (χ4n) is 4.65. The van der Waals surface area contributed by atoms with E-state index in [-0.39, 0.29) is 23.6 Å². The SMILES string of the molecule is Cc1ccccc1CS(=O)(=O)N1CCC(C(=O)N[C@@H]2CCCc3ccccc32)CC1. The molecule has 0 unspecified atom stereocenters. The van der Waals surface area contributed by atoms with Gasteiger partial charge in [-0.3, -0.25) is 4.79 Å². The third-order valence-corrected chi connectivity index (χ3v) is 8.33. The summed E-state index contributed by atoms with van der Waals surface area (Å²) in [4.78, 5) is 12.9. The number of carbonyl (C=O) groups is 1. The molecule has 30 heavy (non-hydrogen) atoms. The first-order chi connectivity index (χ1) is 14.4. The summed E-state index contributed by atoms with van der Waals surface area (Å²) < 4.78 is 27.3. The highest BCUT2D eigenvalue weighted by Gasteiger charge is 2.32. The molecule has 1 fully saturated rings. The van der Waals surface area contributed by atoms with Crippen LogP contribution in [0.25, 0.3) is 0 Å². The van der Waals surface area contributed by atoms with Gasteiger partial charge in [-0.1, -0.05) is 48.5 Å². The summed E-state index contributed by atoms with van der Waals surface area (Å²) in [7, 11) is -3.37. The summed E-state index contributed by atoms with van der Waals surface area (Å²) in [6, 6.07) is 16.0. The molecule has 6 heteroatoms. The molecule has 1 aliphatic heterocycles. The lowest BCUT2D eigenvalue weighted by Crippen LogP contribution is -2.44. The van der Waals surface area contributed by atoms with Gasteiger partial charge in [-0.05, 0) is 61.3 Å². The van der Waals surface area contributed by atoms with Crippen molar-refractivity contribution < 1.29 is 13.2 Å². The minimum absolute atomic E-state index is 0.0232. The van der Waals surface area contributed by atoms with E-state index in [2.05, 4.69) is 23.5 Å². The van der Waals surface area contributed by atoms with E-state index in [4.69, 9.17) is 0 Å². The number of amides is 1. The minimum atomic E-state index is -3.37. The first kappa shape index (κ1) is 21.1. The van der Waals surface area contributed by atoms with Gasteiger partial charge in [-0.15, -0.1) is 0 Å². The zero-order valence-corrected chi connectivity index (χ0v) is 18.3. The van der Waals surface area contributed by atoms with Crippen LogP contribution in [0.1, 0.15) is 54.0 Å². The van der Waals surface area contributed by atoms with Crippen LogP contribution in [0.4, 0.5) is 0 Å². The number of rotatable bonds is 5. The first-order valence-electron chi connectivity index (χ1n) is 10.8. The number of hydrogen-bond acceptors (Lipinski definition) is 3. The van der Waals surface area contributed by atoms with Gasteiger partial charge in [0.1, 0.15) is 0 Å². The van der Waals surface area contributed by atoms with Crippen LogP contribution in [0, 0.1) is 12.8 Å². The van der Waals surface area contributed by atoms with Crippen LogP contribution >= 0.6 is 0 Å². The topological polar surface area (TPSA) is 66.5 Å². The molecule has 4 rings (SSSR count). The van der Waals surface area contributed by atoms with E-state index in [1.807, 2.05) is 37.3 Å². The number of piperidine rings is 1. The lowest BCUT2D eigenvalue weighted by atomic mass is 9.87. The fourth-order valence-corrected chi connectivity index (χ4v) is 6.32. The molecule has 0 saturated carbocycles. The van der Waals surface area contributed by atoms with Crippen LogP contribution in [0.3, 0.4) is 0 Å². The number of nitrogens with one attached hydrogen (secondary N) is 1. The average Bonchev–Trinajstić information content (AvgIpc) is 2.75. The maximum Gasteiger partial charge on any atom is 0.223 e. The molecule has 5 nitrogen and oxygen atoms in total. The molecule has 1 N–H and O–H groups in total. The lowest BCUT2D eigenvalue weighted by Gasteiger charge is -2.33. The smallest absolute Gasteiger partial charge is 0.223 e. The van der Waals surface area contributed by atoms with E-state index in [0.29, 0.717) is 25.9 Å². The van der Waals surface area contributed by atoms with Crippen molar-refractivity contribution in [2.45, 2.75) is 50.8 Å². The van der Waals surface area contributed by atoms with E-state index in [1.165, 1.54) is 11.1 Å². The van der Waals surface area contributed by atoms with Crippen molar-refractivity contribution >= 4 is 15.9 Å². The molecular weight excluding hydrogens is 396 g/mol. The van der Waals surface area contributed by atoms with Gasteiger partial charge in [0.2, 0.25) is 15.9 Å². The molecule has 0 spiro atoms. The van der Waals surface area contributed by atoms with Crippen LogP contribution in [-0.4, -0.2) is 31.7 Å². The van der Waals surface area contributed by atoms with Gasteiger partial charge >= 0.3 is 0 Å². The van der Waals surface area contributed by atoms with Crippen molar-refractivity contribution in [2.75, 3.05) is 13.1 Å². The molecule has 2 aliphatic rings. The van der Waals surface area contributed by atoms with Gasteiger partial charge in [0.25, 0.3) is 0 Å². The maximum absolute atomic E-state index is 12.9. The van der Waals surface area contributed by atoms with E-state index in [0.717, 1.165) is 30.4 Å². The Labute approximate surface area is 179 Å². The minimum Gasteiger partial charge on any atom is -0.349 e. The quantitative estimate of drug-likeness (QED) is 0.792. The van der Waals surface area contributed by atoms with Crippen molar-refractivity contribution in [3.8, 4) is 0 Å². The molecule has 160 valence electrons. The van der Waals surface area contributed by atoms with Gasteiger partial charge < -0.3 is 5.32 Å². The van der Waals surface area contributed by atoms with Crippen LogP contribution in [0.2, 0.25) is 0 Å². The second-order valence-electron chi connectivity index (χ2n) is 8.51. The summed E-state index contributed by atoms with van der Waals surface area (Å²) in [5, 5.41) is 3.24. The molecule has 1 amide bonds. The number of hydrogen-bond donors (Lipinski definition) is 1. The molecular formula is C24H30N2O3S. The number of aryl methyl sites for hydroxylation is 2. The number of fused-ring (bicyclic) bond motifs is 1. The molecule has 0 bridgehead atoms. The number of sulfonamides is 1. The standard InChI is InChI=1S/C24H30N2O3S/c1-18-7-2-3-9-21(18)17-30(28,29)26-15-13-20(14-16-26)24(27)25-23-12-6-10-19-8-4-5-11-22(19)23/h2-5,7-9,11,20,23H,6,10,12-17H2,1H3,(H,25,27)/t23-/m1/s1. The molecule has 2 aromatic rings. The summed E-state index contributed by atoms with van der Waals surface area (Å²) >= 11 is 0. The maximum atomic E-state index is 12.9. The Bertz CT molecular complexity index is 1010. The zero-order valence-electron chi connectivity index (χ0n) is 17.5. The van der Waals surface area contributed by atoms with E-state index >= 15 is 0 Å². The van der Waals surface area contributed by atoms with Crippen LogP contribution < -0.4 is 5.32 Å². The van der Waals surface area contributed by atoms with Crippen molar-refractivity contribution in [3.05, 3.63) is 70.8 Å². The Morgan fingerprint density at radius 2 is 1.73 bits per heavy atom. The van der Waals surface area contributed by atoms with Gasteiger partial charge in [-0.25, -0.2) is 12.7 Å². The van der Waals surface area contributed by atoms with Crippen LogP contribution in [0.5, 0.6) is 0 Å². The van der Waals surface area contributed by atoms with Crippen molar-refractivity contribution in [1.82, 2.24) is 9.62 Å². The molecule has 2 aromatic carbocycles. The van der Waals surface area contributed by atoms with Gasteiger partial charge in [0, 0.05) is 19.0 Å². The van der Waals surface area contributed by atoms with Crippen molar-refractivity contribution in [2.24, 2.45) is 5.92 Å². The largest absolute Gasteiger partial charge is 0.349 e. The number of benzene rings is 2. The highest BCUT2D eigenvalue weighted by Crippen LogP contribution is 2.30. The third-order valence-electron chi connectivity index (χ3n) is 6.50. The monoisotopic (exact) mass is 426 g/mol. The van der Waals surface area contributed by atoms with Crippen LogP contribution in [0.15, 0.2) is 48.5 Å². The molecule has 1 atom stereocenters. The average molecular weight is 427 g/mol. The summed E-state index contributed by atoms with van der Waals surface area (Å²) in [5.74, 6) is -0.0354. The highest BCUT2D eigenvalue weighted by atomic mass is 32.2. The first-order valence-corrected chi connectivity index (χ1v) is 12.5. The van der Waals surface area contributed by atoms with Crippen molar-refractivity contribution in [3.63, 3.8) is 0 Å². The third kappa shape index (κ3) is 4.60. The molecule has 1 heterocycles. The summed E-state index contributed by atoms with van der Waals surface area (Å²) in [6.45, 7) is 2.76. The Hall–Kier alpha value is -2.18. The Kier molecular flexibility index (Phi) is 6.25. The lowest BCUT2D eigenvalue weighted by molar-refractivity contribution is -0.127. The molecule has 0 aromatic heterocycles. The predicted octanol–water partition coefficient (Wildman–Crippen LogP) is 3.73. The van der Waals surface area contributed by atoms with Gasteiger partial charge in [0.05, 0.1) is 11.8 Å². The normalized spacial score (nSPS) is 20.5. The van der Waals surface area contributed by atoms with Gasteiger partial charge in [-0.2, -0.15) is 0 Å². The Morgan fingerprint density at radius 1 is 1.03 bits per heavy atom. The van der Waals surface area contributed by atoms with Crippen molar-refractivity contribution in [1.29, 1.82) is 0 Å². The fraction of sp³-hybridized carbons (Fsp3) is 0.458. The second-order valence-corrected chi connectivity index (χ2v) is 10.5. The van der Waals surface area contributed by atoms with Gasteiger partial charge in [0.15, 0.2) is 0 Å².